The Morgan fingerprint density at radius 1 is 1.48 bits per heavy atom. The lowest BCUT2D eigenvalue weighted by molar-refractivity contribution is -0.158. The molecule has 2 atom stereocenters. The second kappa shape index (κ2) is 7.82. The zero-order chi connectivity index (χ0) is 16.0. The quantitative estimate of drug-likeness (QED) is 0.719. The third-order valence-corrected chi connectivity index (χ3v) is 3.37. The number of urea groups is 1. The Morgan fingerprint density at radius 2 is 2.14 bits per heavy atom. The standard InChI is InChI=1S/C13H22N2O6/c1-4-14(7-9(2)11(16)17)13(19)15-5-6-21-10(8-15)12(18)20-3/h9-10H,4-8H2,1-3H3,(H,16,17). The molecule has 0 radical (unpaired) electrons. The highest BCUT2D eigenvalue weighted by atomic mass is 16.6. The first-order valence-electron chi connectivity index (χ1n) is 6.86. The number of methoxy groups -OCH3 is 1. The predicted octanol–water partition coefficient (Wildman–Crippen LogP) is 0.0228. The lowest BCUT2D eigenvalue weighted by atomic mass is 10.1. The van der Waals surface area contributed by atoms with Gasteiger partial charge in [0.1, 0.15) is 0 Å². The molecule has 1 aliphatic rings. The largest absolute Gasteiger partial charge is 0.481 e. The van der Waals surface area contributed by atoms with Crippen LogP contribution in [0, 0.1) is 5.92 Å². The van der Waals surface area contributed by atoms with E-state index in [-0.39, 0.29) is 25.7 Å². The minimum atomic E-state index is -0.948. The first kappa shape index (κ1) is 17.2. The van der Waals surface area contributed by atoms with Crippen molar-refractivity contribution in [2.45, 2.75) is 20.0 Å². The maximum Gasteiger partial charge on any atom is 0.336 e. The molecule has 8 nitrogen and oxygen atoms in total. The molecule has 0 aromatic carbocycles. The average molecular weight is 302 g/mol. The van der Waals surface area contributed by atoms with E-state index in [1.807, 2.05) is 0 Å². The lowest BCUT2D eigenvalue weighted by Crippen LogP contribution is -2.53. The molecule has 1 fully saturated rings. The highest BCUT2D eigenvalue weighted by Gasteiger charge is 2.32. The molecule has 1 heterocycles. The number of carbonyl (C=O) groups is 3. The van der Waals surface area contributed by atoms with Crippen LogP contribution in [0.1, 0.15) is 13.8 Å². The Morgan fingerprint density at radius 3 is 2.67 bits per heavy atom. The molecule has 0 spiro atoms. The van der Waals surface area contributed by atoms with Crippen molar-refractivity contribution in [3.8, 4) is 0 Å². The van der Waals surface area contributed by atoms with E-state index in [1.54, 1.807) is 13.8 Å². The minimum Gasteiger partial charge on any atom is -0.481 e. The molecular formula is C13H22N2O6. The van der Waals surface area contributed by atoms with E-state index in [0.717, 1.165) is 0 Å². The topological polar surface area (TPSA) is 96.4 Å². The van der Waals surface area contributed by atoms with Gasteiger partial charge in [0, 0.05) is 19.6 Å². The van der Waals surface area contributed by atoms with Crippen molar-refractivity contribution in [1.82, 2.24) is 9.80 Å². The SMILES string of the molecule is CCN(CC(C)C(=O)O)C(=O)N1CCOC(C(=O)OC)C1. The Hall–Kier alpha value is -1.83. The van der Waals surface area contributed by atoms with Crippen molar-refractivity contribution in [2.75, 3.05) is 39.9 Å². The Labute approximate surface area is 123 Å². The number of rotatable bonds is 5. The van der Waals surface area contributed by atoms with Crippen LogP contribution in [0.3, 0.4) is 0 Å². The van der Waals surface area contributed by atoms with Gasteiger partial charge in [-0.15, -0.1) is 0 Å². The van der Waals surface area contributed by atoms with Crippen LogP contribution in [-0.2, 0) is 19.1 Å². The van der Waals surface area contributed by atoms with Crippen LogP contribution in [0.25, 0.3) is 0 Å². The van der Waals surface area contributed by atoms with Gasteiger partial charge in [-0.3, -0.25) is 4.79 Å². The molecule has 1 aliphatic heterocycles. The van der Waals surface area contributed by atoms with Crippen molar-refractivity contribution < 1.29 is 29.0 Å². The van der Waals surface area contributed by atoms with E-state index >= 15 is 0 Å². The lowest BCUT2D eigenvalue weighted by Gasteiger charge is -2.35. The molecule has 0 aromatic heterocycles. The third kappa shape index (κ3) is 4.59. The van der Waals surface area contributed by atoms with E-state index in [4.69, 9.17) is 9.84 Å². The van der Waals surface area contributed by atoms with Gasteiger partial charge in [0.05, 0.1) is 26.2 Å². The fraction of sp³-hybridized carbons (Fsp3) is 0.769. The molecule has 0 aliphatic carbocycles. The van der Waals surface area contributed by atoms with Gasteiger partial charge < -0.3 is 24.4 Å². The van der Waals surface area contributed by atoms with Crippen LogP contribution in [0.2, 0.25) is 0 Å². The summed E-state index contributed by atoms with van der Waals surface area (Å²) in [4.78, 5) is 37.7. The highest BCUT2D eigenvalue weighted by molar-refractivity contribution is 5.79. The molecule has 8 heteroatoms. The summed E-state index contributed by atoms with van der Waals surface area (Å²) in [7, 11) is 1.26. The Kier molecular flexibility index (Phi) is 6.41. The number of carboxylic acids is 1. The number of amides is 2. The monoisotopic (exact) mass is 302 g/mol. The first-order chi connectivity index (χ1) is 9.90. The van der Waals surface area contributed by atoms with Crippen molar-refractivity contribution in [1.29, 1.82) is 0 Å². The summed E-state index contributed by atoms with van der Waals surface area (Å²) in [5.74, 6) is -2.11. The number of esters is 1. The zero-order valence-electron chi connectivity index (χ0n) is 12.6. The Bertz CT molecular complexity index is 400. The smallest absolute Gasteiger partial charge is 0.336 e. The zero-order valence-corrected chi connectivity index (χ0v) is 12.6. The summed E-state index contributed by atoms with van der Waals surface area (Å²) < 4.78 is 9.87. The van der Waals surface area contributed by atoms with E-state index < -0.39 is 24.0 Å². The summed E-state index contributed by atoms with van der Waals surface area (Å²) in [6, 6.07) is -0.289. The van der Waals surface area contributed by atoms with Gasteiger partial charge >= 0.3 is 18.0 Å². The Balaban J connectivity index is 2.66. The molecule has 21 heavy (non-hydrogen) atoms. The van der Waals surface area contributed by atoms with Gasteiger partial charge in [-0.2, -0.15) is 0 Å². The molecule has 1 rings (SSSR count). The summed E-state index contributed by atoms with van der Waals surface area (Å²) in [5.41, 5.74) is 0. The third-order valence-electron chi connectivity index (χ3n) is 3.37. The number of nitrogens with zero attached hydrogens (tertiary/aromatic N) is 2. The number of carboxylic acid groups (broad SMARTS) is 1. The van der Waals surface area contributed by atoms with Crippen LogP contribution < -0.4 is 0 Å². The van der Waals surface area contributed by atoms with E-state index in [0.29, 0.717) is 13.1 Å². The molecular weight excluding hydrogens is 280 g/mol. The van der Waals surface area contributed by atoms with Gasteiger partial charge in [-0.25, -0.2) is 9.59 Å². The molecule has 2 amide bonds. The normalized spacial score (nSPS) is 19.8. The molecule has 0 bridgehead atoms. The van der Waals surface area contributed by atoms with Crippen molar-refractivity contribution >= 4 is 18.0 Å². The van der Waals surface area contributed by atoms with E-state index in [2.05, 4.69) is 4.74 Å². The van der Waals surface area contributed by atoms with Gasteiger partial charge in [0.2, 0.25) is 0 Å². The summed E-state index contributed by atoms with van der Waals surface area (Å²) in [6.45, 7) is 4.59. The van der Waals surface area contributed by atoms with Crippen molar-refractivity contribution in [3.05, 3.63) is 0 Å². The second-order valence-electron chi connectivity index (χ2n) is 4.89. The summed E-state index contributed by atoms with van der Waals surface area (Å²) in [5, 5.41) is 8.93. The number of ether oxygens (including phenoxy) is 2. The maximum absolute atomic E-state index is 12.4. The minimum absolute atomic E-state index is 0.115. The summed E-state index contributed by atoms with van der Waals surface area (Å²) >= 11 is 0. The highest BCUT2D eigenvalue weighted by Crippen LogP contribution is 2.11. The van der Waals surface area contributed by atoms with Crippen LogP contribution in [0.15, 0.2) is 0 Å². The molecule has 0 aromatic rings. The fourth-order valence-electron chi connectivity index (χ4n) is 2.05. The van der Waals surface area contributed by atoms with Crippen LogP contribution in [0.5, 0.6) is 0 Å². The molecule has 2 unspecified atom stereocenters. The van der Waals surface area contributed by atoms with Crippen LogP contribution >= 0.6 is 0 Å². The fourth-order valence-corrected chi connectivity index (χ4v) is 2.05. The number of morpholine rings is 1. The summed E-state index contributed by atoms with van der Waals surface area (Å²) in [6.07, 6.45) is -0.789. The maximum atomic E-state index is 12.4. The first-order valence-corrected chi connectivity index (χ1v) is 6.86. The molecule has 1 saturated heterocycles. The van der Waals surface area contributed by atoms with Crippen molar-refractivity contribution in [2.24, 2.45) is 5.92 Å². The van der Waals surface area contributed by atoms with Gasteiger partial charge in [-0.1, -0.05) is 6.92 Å². The van der Waals surface area contributed by atoms with Gasteiger partial charge in [-0.05, 0) is 6.92 Å². The number of carbonyl (C=O) groups excluding carboxylic acids is 2. The number of hydrogen-bond acceptors (Lipinski definition) is 5. The average Bonchev–Trinajstić information content (AvgIpc) is 2.50. The predicted molar refractivity (Wildman–Crippen MR) is 72.8 cm³/mol. The number of aliphatic carboxylic acids is 1. The van der Waals surface area contributed by atoms with Gasteiger partial charge in [0.25, 0.3) is 0 Å². The van der Waals surface area contributed by atoms with Crippen LogP contribution in [0.4, 0.5) is 4.79 Å². The number of hydrogen-bond donors (Lipinski definition) is 1. The van der Waals surface area contributed by atoms with E-state index in [1.165, 1.54) is 16.9 Å². The molecule has 120 valence electrons. The molecule has 0 saturated carbocycles. The van der Waals surface area contributed by atoms with E-state index in [9.17, 15) is 14.4 Å². The molecule has 1 N–H and O–H groups in total. The van der Waals surface area contributed by atoms with Crippen LogP contribution in [-0.4, -0.2) is 78.9 Å². The second-order valence-corrected chi connectivity index (χ2v) is 4.89. The van der Waals surface area contributed by atoms with Crippen molar-refractivity contribution in [3.63, 3.8) is 0 Å². The van der Waals surface area contributed by atoms with Gasteiger partial charge in [0.15, 0.2) is 6.10 Å².